The van der Waals surface area contributed by atoms with Crippen molar-refractivity contribution in [2.24, 2.45) is 0 Å². The number of nitrogens with zero attached hydrogens (tertiary/aromatic N) is 1. The molecule has 0 spiro atoms. The van der Waals surface area contributed by atoms with Gasteiger partial charge in [-0.25, -0.2) is 0 Å². The number of carbonyl (C=O) groups excluding carboxylic acids is 2. The zero-order chi connectivity index (χ0) is 20.5. The topological polar surface area (TPSA) is 120 Å². The molecule has 0 aliphatic heterocycles. The summed E-state index contributed by atoms with van der Waals surface area (Å²) < 4.78 is 10.7. The summed E-state index contributed by atoms with van der Waals surface area (Å²) in [7, 11) is 1.46. The first-order valence-electron chi connectivity index (χ1n) is 8.58. The molecule has 28 heavy (non-hydrogen) atoms. The number of nitro benzene ring substituents is 1. The normalized spacial score (nSPS) is 10.1. The molecule has 2 amide bonds. The van der Waals surface area contributed by atoms with Crippen LogP contribution < -0.4 is 20.3 Å². The fourth-order valence-electron chi connectivity index (χ4n) is 2.39. The van der Waals surface area contributed by atoms with Gasteiger partial charge in [-0.1, -0.05) is 25.1 Å². The zero-order valence-corrected chi connectivity index (χ0v) is 15.6. The maximum absolute atomic E-state index is 12.2. The predicted octanol–water partition coefficient (Wildman–Crippen LogP) is 2.40. The molecule has 0 unspecified atom stereocenters. The number of rotatable bonds is 8. The van der Waals surface area contributed by atoms with E-state index in [4.69, 9.17) is 9.47 Å². The van der Waals surface area contributed by atoms with Crippen LogP contribution in [-0.4, -0.2) is 30.5 Å². The summed E-state index contributed by atoms with van der Waals surface area (Å²) in [5.74, 6) is -0.234. The van der Waals surface area contributed by atoms with Crippen LogP contribution in [0.5, 0.6) is 11.5 Å². The molecule has 9 heteroatoms. The summed E-state index contributed by atoms with van der Waals surface area (Å²) in [4.78, 5) is 34.7. The monoisotopic (exact) mass is 387 g/mol. The number of nitro groups is 1. The number of hydrazine groups is 1. The van der Waals surface area contributed by atoms with Gasteiger partial charge in [0.05, 0.1) is 25.1 Å². The van der Waals surface area contributed by atoms with Crippen LogP contribution in [0.2, 0.25) is 0 Å². The second kappa shape index (κ2) is 9.91. The van der Waals surface area contributed by atoms with Crippen LogP contribution in [0.4, 0.5) is 5.69 Å². The number of hydrogen-bond donors (Lipinski definition) is 2. The lowest BCUT2D eigenvalue weighted by Crippen LogP contribution is -2.42. The van der Waals surface area contributed by atoms with E-state index >= 15 is 0 Å². The molecule has 0 aromatic heterocycles. The fraction of sp³-hybridized carbons (Fsp3) is 0.263. The van der Waals surface area contributed by atoms with Crippen molar-refractivity contribution in [3.8, 4) is 11.5 Å². The van der Waals surface area contributed by atoms with E-state index in [1.807, 2.05) is 6.92 Å². The van der Waals surface area contributed by atoms with Gasteiger partial charge in [-0.2, -0.15) is 0 Å². The fourth-order valence-corrected chi connectivity index (χ4v) is 2.39. The minimum Gasteiger partial charge on any atom is -0.493 e. The molecule has 9 nitrogen and oxygen atoms in total. The summed E-state index contributed by atoms with van der Waals surface area (Å²) >= 11 is 0. The second-order valence-corrected chi connectivity index (χ2v) is 5.78. The van der Waals surface area contributed by atoms with Crippen LogP contribution in [0.1, 0.15) is 29.3 Å². The van der Waals surface area contributed by atoms with Crippen LogP contribution >= 0.6 is 0 Å². The Kier molecular flexibility index (Phi) is 7.32. The van der Waals surface area contributed by atoms with Crippen LogP contribution in [0, 0.1) is 10.1 Å². The van der Waals surface area contributed by atoms with Crippen LogP contribution in [0.25, 0.3) is 0 Å². The third-order valence-corrected chi connectivity index (χ3v) is 3.74. The molecule has 2 aromatic carbocycles. The molecule has 148 valence electrons. The summed E-state index contributed by atoms with van der Waals surface area (Å²) in [6.45, 7) is 2.49. The van der Waals surface area contributed by atoms with Crippen LogP contribution in [0.3, 0.4) is 0 Å². The first kappa shape index (κ1) is 20.7. The van der Waals surface area contributed by atoms with Gasteiger partial charge in [0.25, 0.3) is 11.6 Å². The van der Waals surface area contributed by atoms with E-state index in [0.29, 0.717) is 18.1 Å². The van der Waals surface area contributed by atoms with E-state index in [1.54, 1.807) is 12.1 Å². The molecule has 0 aliphatic carbocycles. The lowest BCUT2D eigenvalue weighted by atomic mass is 10.1. The number of amides is 2. The van der Waals surface area contributed by atoms with Crippen molar-refractivity contribution >= 4 is 17.5 Å². The summed E-state index contributed by atoms with van der Waals surface area (Å²) in [5, 5.41) is 11.0. The molecular weight excluding hydrogens is 366 g/mol. The minimum atomic E-state index is -0.586. The highest BCUT2D eigenvalue weighted by Gasteiger charge is 2.16. The number of hydrogen-bond acceptors (Lipinski definition) is 6. The predicted molar refractivity (Wildman–Crippen MR) is 101 cm³/mol. The molecule has 0 fully saturated rings. The highest BCUT2D eigenvalue weighted by Crippen LogP contribution is 2.28. The largest absolute Gasteiger partial charge is 0.493 e. The quantitative estimate of drug-likeness (QED) is 0.530. The van der Waals surface area contributed by atoms with Gasteiger partial charge in [0, 0.05) is 17.2 Å². The number of methoxy groups -OCH3 is 1. The van der Waals surface area contributed by atoms with Gasteiger partial charge in [0.15, 0.2) is 11.5 Å². The third kappa shape index (κ3) is 5.44. The van der Waals surface area contributed by atoms with Crippen LogP contribution in [-0.2, 0) is 11.2 Å². The molecule has 0 aliphatic rings. The Morgan fingerprint density at radius 1 is 1.11 bits per heavy atom. The minimum absolute atomic E-state index is 0.156. The highest BCUT2D eigenvalue weighted by atomic mass is 16.6. The van der Waals surface area contributed by atoms with Crippen molar-refractivity contribution in [1.82, 2.24) is 10.9 Å². The van der Waals surface area contributed by atoms with Gasteiger partial charge in [-0.3, -0.25) is 30.6 Å². The molecule has 0 heterocycles. The molecule has 0 bridgehead atoms. The molecule has 2 rings (SSSR count). The van der Waals surface area contributed by atoms with Crippen molar-refractivity contribution in [3.05, 3.63) is 63.7 Å². The molecule has 0 atom stereocenters. The zero-order valence-electron chi connectivity index (χ0n) is 15.6. The summed E-state index contributed by atoms with van der Waals surface area (Å²) in [6.07, 6.45) is 0.585. The molecule has 2 N–H and O–H groups in total. The average Bonchev–Trinajstić information content (AvgIpc) is 2.70. The first-order chi connectivity index (χ1) is 13.5. The number of nitrogens with one attached hydrogen (secondary N) is 2. The Hall–Kier alpha value is -3.62. The lowest BCUT2D eigenvalue weighted by molar-refractivity contribution is -0.385. The van der Waals surface area contributed by atoms with Gasteiger partial charge >= 0.3 is 0 Å². The second-order valence-electron chi connectivity index (χ2n) is 5.78. The van der Waals surface area contributed by atoms with Crippen molar-refractivity contribution in [2.45, 2.75) is 19.8 Å². The van der Waals surface area contributed by atoms with E-state index in [2.05, 4.69) is 10.9 Å². The first-order valence-corrected chi connectivity index (χ1v) is 8.58. The number of benzene rings is 2. The molecule has 0 saturated heterocycles. The highest BCUT2D eigenvalue weighted by molar-refractivity contribution is 5.96. The number of para-hydroxylation sites is 1. The Morgan fingerprint density at radius 3 is 2.54 bits per heavy atom. The van der Waals surface area contributed by atoms with E-state index in [-0.39, 0.29) is 23.2 Å². The molecule has 0 saturated carbocycles. The van der Waals surface area contributed by atoms with Gasteiger partial charge in [-0.05, 0) is 24.6 Å². The summed E-state index contributed by atoms with van der Waals surface area (Å²) in [6, 6.07) is 10.6. The smallest absolute Gasteiger partial charge is 0.273 e. The maximum Gasteiger partial charge on any atom is 0.273 e. The average molecular weight is 387 g/mol. The van der Waals surface area contributed by atoms with Crippen LogP contribution in [0.15, 0.2) is 42.5 Å². The Balaban J connectivity index is 1.98. The Labute approximate surface area is 161 Å². The van der Waals surface area contributed by atoms with Gasteiger partial charge in [0.2, 0.25) is 5.91 Å². The van der Waals surface area contributed by atoms with Crippen molar-refractivity contribution < 1.29 is 24.0 Å². The van der Waals surface area contributed by atoms with Crippen molar-refractivity contribution in [1.29, 1.82) is 0 Å². The molecular formula is C19H21N3O6. The Bertz CT molecular complexity index is 868. The van der Waals surface area contributed by atoms with Gasteiger partial charge < -0.3 is 9.47 Å². The van der Waals surface area contributed by atoms with E-state index in [1.165, 1.54) is 37.4 Å². The maximum atomic E-state index is 12.2. The van der Waals surface area contributed by atoms with E-state index < -0.39 is 16.7 Å². The van der Waals surface area contributed by atoms with Crippen molar-refractivity contribution in [2.75, 3.05) is 13.7 Å². The molecule has 0 radical (unpaired) electrons. The molecule has 2 aromatic rings. The number of carbonyl (C=O) groups is 2. The van der Waals surface area contributed by atoms with Gasteiger partial charge in [0.1, 0.15) is 0 Å². The van der Waals surface area contributed by atoms with Gasteiger partial charge in [-0.15, -0.1) is 0 Å². The van der Waals surface area contributed by atoms with E-state index in [9.17, 15) is 19.7 Å². The Morgan fingerprint density at radius 2 is 1.86 bits per heavy atom. The number of ether oxygens (including phenoxy) is 2. The van der Waals surface area contributed by atoms with E-state index in [0.717, 1.165) is 6.42 Å². The summed E-state index contributed by atoms with van der Waals surface area (Å²) in [5.41, 5.74) is 4.87. The van der Waals surface area contributed by atoms with Crippen molar-refractivity contribution in [3.63, 3.8) is 0 Å². The third-order valence-electron chi connectivity index (χ3n) is 3.74. The lowest BCUT2D eigenvalue weighted by Gasteiger charge is -2.12. The SMILES string of the molecule is CCCOc1ccc(C(=O)NNC(=O)Cc2ccccc2[N+](=O)[O-])cc1OC. The standard InChI is InChI=1S/C19H21N3O6/c1-3-10-28-16-9-8-14(11-17(16)27-2)19(24)21-20-18(23)12-13-6-4-5-7-15(13)22(25)26/h4-9,11H,3,10,12H2,1-2H3,(H,20,23)(H,21,24).